The highest BCUT2D eigenvalue weighted by molar-refractivity contribution is 4.51. The van der Waals surface area contributed by atoms with Gasteiger partial charge in [-0.2, -0.15) is 5.26 Å². The van der Waals surface area contributed by atoms with Gasteiger partial charge in [0.1, 0.15) is 6.61 Å². The zero-order valence-electron chi connectivity index (χ0n) is 6.46. The van der Waals surface area contributed by atoms with Crippen molar-refractivity contribution in [2.45, 2.75) is 6.92 Å². The summed E-state index contributed by atoms with van der Waals surface area (Å²) < 4.78 is 8.82. The van der Waals surface area contributed by atoms with Gasteiger partial charge >= 0.3 is 0 Å². The molecule has 0 aromatic carbocycles. The summed E-state index contributed by atoms with van der Waals surface area (Å²) in [5.41, 5.74) is 0. The van der Waals surface area contributed by atoms with E-state index in [0.29, 0.717) is 13.2 Å². The van der Waals surface area contributed by atoms with Crippen LogP contribution in [0.4, 0.5) is 0 Å². The molecule has 0 aliphatic carbocycles. The second-order valence-corrected chi connectivity index (χ2v) is 1.34. The first-order chi connectivity index (χ1) is 4.83. The maximum atomic E-state index is 7.77. The minimum atomic E-state index is 0.354. The van der Waals surface area contributed by atoms with Gasteiger partial charge in [-0.3, -0.25) is 0 Å². The first-order valence-electron chi connectivity index (χ1n) is 2.90. The molecular weight excluding hydrogens is 130 g/mol. The monoisotopic (exact) mass is 143 g/mol. The molecule has 0 radical (unpaired) electrons. The highest BCUT2D eigenvalue weighted by atomic mass is 16.5. The molecule has 0 aromatic rings. The third-order valence-corrected chi connectivity index (χ3v) is 0.454. The number of allylic oxidation sites excluding steroid dienone is 1. The lowest BCUT2D eigenvalue weighted by Gasteiger charge is -1.90. The van der Waals surface area contributed by atoms with Gasteiger partial charge in [0.05, 0.1) is 6.61 Å². The van der Waals surface area contributed by atoms with Gasteiger partial charge < -0.3 is 9.47 Å². The topological polar surface area (TPSA) is 42.2 Å². The Morgan fingerprint density at radius 3 is 2.40 bits per heavy atom. The van der Waals surface area contributed by atoms with E-state index in [2.05, 4.69) is 16.1 Å². The Bertz CT molecular complexity index is 96.3. The molecule has 0 rings (SSSR count). The lowest BCUT2D eigenvalue weighted by atomic mass is 10.8. The SMILES string of the molecule is C=CC.COCCOC#N. The number of ether oxygens (including phenoxy) is 2. The summed E-state index contributed by atoms with van der Waals surface area (Å²) in [5.74, 6) is 0. The molecule has 0 saturated carbocycles. The molecule has 0 fully saturated rings. The Morgan fingerprint density at radius 2 is 2.10 bits per heavy atom. The van der Waals surface area contributed by atoms with Gasteiger partial charge in [0.2, 0.25) is 0 Å². The third kappa shape index (κ3) is 28.1. The second kappa shape index (κ2) is 15.7. The van der Waals surface area contributed by atoms with Gasteiger partial charge in [-0.25, -0.2) is 0 Å². The van der Waals surface area contributed by atoms with Crippen LogP contribution in [0.25, 0.3) is 0 Å². The third-order valence-electron chi connectivity index (χ3n) is 0.454. The Kier molecular flexibility index (Phi) is 18.4. The Morgan fingerprint density at radius 1 is 1.60 bits per heavy atom. The zero-order valence-corrected chi connectivity index (χ0v) is 6.46. The first kappa shape index (κ1) is 11.7. The van der Waals surface area contributed by atoms with E-state index in [1.54, 1.807) is 13.2 Å². The quantitative estimate of drug-likeness (QED) is 0.340. The molecule has 0 amide bonds. The lowest BCUT2D eigenvalue weighted by molar-refractivity contribution is 0.131. The van der Waals surface area contributed by atoms with Crippen molar-refractivity contribution < 1.29 is 9.47 Å². The van der Waals surface area contributed by atoms with Crippen LogP contribution in [0.1, 0.15) is 6.92 Å². The van der Waals surface area contributed by atoms with E-state index < -0.39 is 0 Å². The summed E-state index contributed by atoms with van der Waals surface area (Å²) in [6, 6.07) is 0. The van der Waals surface area contributed by atoms with Gasteiger partial charge in [0.25, 0.3) is 6.26 Å². The molecule has 58 valence electrons. The maximum absolute atomic E-state index is 7.77. The Hall–Kier alpha value is -1.01. The van der Waals surface area contributed by atoms with E-state index in [0.717, 1.165) is 0 Å². The van der Waals surface area contributed by atoms with Crippen molar-refractivity contribution in [2.24, 2.45) is 0 Å². The van der Waals surface area contributed by atoms with Crippen LogP contribution >= 0.6 is 0 Å². The van der Waals surface area contributed by atoms with E-state index in [4.69, 9.17) is 5.26 Å². The van der Waals surface area contributed by atoms with Crippen molar-refractivity contribution in [1.29, 1.82) is 5.26 Å². The van der Waals surface area contributed by atoms with Crippen molar-refractivity contribution in [1.82, 2.24) is 0 Å². The molecule has 0 atom stereocenters. The first-order valence-corrected chi connectivity index (χ1v) is 2.90. The van der Waals surface area contributed by atoms with Crippen LogP contribution in [0.15, 0.2) is 12.7 Å². The van der Waals surface area contributed by atoms with Crippen LogP contribution in [-0.4, -0.2) is 20.3 Å². The number of rotatable bonds is 3. The minimum Gasteiger partial charge on any atom is -0.425 e. The molecule has 0 spiro atoms. The molecular formula is C7H13NO2. The maximum Gasteiger partial charge on any atom is 0.286 e. The molecule has 3 nitrogen and oxygen atoms in total. The summed E-state index contributed by atoms with van der Waals surface area (Å²) in [6.07, 6.45) is 3.27. The minimum absolute atomic E-state index is 0.354. The van der Waals surface area contributed by atoms with Gasteiger partial charge in [-0.15, -0.1) is 6.58 Å². The van der Waals surface area contributed by atoms with Crippen LogP contribution in [0.5, 0.6) is 0 Å². The molecule has 0 heterocycles. The lowest BCUT2D eigenvalue weighted by Crippen LogP contribution is -1.96. The number of hydrogen-bond donors (Lipinski definition) is 0. The number of nitrogens with zero attached hydrogens (tertiary/aromatic N) is 1. The van der Waals surface area contributed by atoms with Crippen LogP contribution in [-0.2, 0) is 9.47 Å². The largest absolute Gasteiger partial charge is 0.425 e. The number of methoxy groups -OCH3 is 1. The van der Waals surface area contributed by atoms with Gasteiger partial charge in [-0.1, -0.05) is 6.08 Å². The van der Waals surface area contributed by atoms with Crippen molar-refractivity contribution in [3.05, 3.63) is 12.7 Å². The van der Waals surface area contributed by atoms with Crippen LogP contribution in [0.3, 0.4) is 0 Å². The molecule has 10 heavy (non-hydrogen) atoms. The Balaban J connectivity index is 0. The normalized spacial score (nSPS) is 6.50. The van der Waals surface area contributed by atoms with E-state index in [1.165, 1.54) is 6.26 Å². The summed E-state index contributed by atoms with van der Waals surface area (Å²) in [7, 11) is 1.56. The average Bonchev–Trinajstić information content (AvgIpc) is 1.91. The summed E-state index contributed by atoms with van der Waals surface area (Å²) in [4.78, 5) is 0. The number of hydrogen-bond acceptors (Lipinski definition) is 3. The standard InChI is InChI=1S/C4H7NO2.C3H6/c1-6-2-3-7-4-5;1-3-2/h2-3H2,1H3;3H,1H2,2H3. The predicted octanol–water partition coefficient (Wildman–Crippen LogP) is 1.32. The Labute approximate surface area is 61.9 Å². The molecule has 0 saturated heterocycles. The highest BCUT2D eigenvalue weighted by Crippen LogP contribution is 1.68. The van der Waals surface area contributed by atoms with Crippen LogP contribution < -0.4 is 0 Å². The molecule has 0 bridgehead atoms. The van der Waals surface area contributed by atoms with Crippen molar-refractivity contribution >= 4 is 0 Å². The molecule has 0 aliphatic heterocycles. The summed E-state index contributed by atoms with van der Waals surface area (Å²) in [5, 5.41) is 7.77. The van der Waals surface area contributed by atoms with Crippen molar-refractivity contribution in [3.63, 3.8) is 0 Å². The summed E-state index contributed by atoms with van der Waals surface area (Å²) in [6.45, 7) is 6.08. The fraction of sp³-hybridized carbons (Fsp3) is 0.571. The molecule has 0 unspecified atom stereocenters. The van der Waals surface area contributed by atoms with Crippen LogP contribution in [0.2, 0.25) is 0 Å². The highest BCUT2D eigenvalue weighted by Gasteiger charge is 1.77. The fourth-order valence-electron chi connectivity index (χ4n) is 0.171. The average molecular weight is 143 g/mol. The molecule has 0 N–H and O–H groups in total. The van der Waals surface area contributed by atoms with Crippen molar-refractivity contribution in [3.8, 4) is 6.26 Å². The molecule has 3 heteroatoms. The van der Waals surface area contributed by atoms with Gasteiger partial charge in [-0.05, 0) is 6.92 Å². The van der Waals surface area contributed by atoms with Gasteiger partial charge in [0.15, 0.2) is 0 Å². The van der Waals surface area contributed by atoms with E-state index in [1.807, 2.05) is 6.92 Å². The van der Waals surface area contributed by atoms with E-state index in [-0.39, 0.29) is 0 Å². The van der Waals surface area contributed by atoms with Crippen molar-refractivity contribution in [2.75, 3.05) is 20.3 Å². The smallest absolute Gasteiger partial charge is 0.286 e. The van der Waals surface area contributed by atoms with E-state index >= 15 is 0 Å². The molecule has 0 aliphatic rings. The zero-order chi connectivity index (χ0) is 8.24. The summed E-state index contributed by atoms with van der Waals surface area (Å²) >= 11 is 0. The molecule has 0 aromatic heterocycles. The number of nitriles is 1. The predicted molar refractivity (Wildman–Crippen MR) is 39.3 cm³/mol. The van der Waals surface area contributed by atoms with E-state index in [9.17, 15) is 0 Å². The second-order valence-electron chi connectivity index (χ2n) is 1.34. The van der Waals surface area contributed by atoms with Crippen LogP contribution in [0, 0.1) is 11.5 Å². The van der Waals surface area contributed by atoms with Gasteiger partial charge in [0, 0.05) is 7.11 Å². The fourth-order valence-corrected chi connectivity index (χ4v) is 0.171.